The third kappa shape index (κ3) is 1.30. The van der Waals surface area contributed by atoms with E-state index in [-0.39, 0.29) is 6.01 Å². The van der Waals surface area contributed by atoms with Crippen molar-refractivity contribution in [2.45, 2.75) is 0 Å². The van der Waals surface area contributed by atoms with Gasteiger partial charge in [-0.15, -0.1) is 0 Å². The maximum Gasteiger partial charge on any atom is 0.458 e. The molecule has 3 N–H and O–H groups in total. The maximum atomic E-state index is 11.9. The fourth-order valence-corrected chi connectivity index (χ4v) is 1.67. The van der Waals surface area contributed by atoms with Gasteiger partial charge in [-0.1, -0.05) is 0 Å². The lowest BCUT2D eigenvalue weighted by molar-refractivity contribution is -0.565. The van der Waals surface area contributed by atoms with E-state index in [0.717, 1.165) is 16.1 Å². The van der Waals surface area contributed by atoms with Crippen LogP contribution in [0, 0.1) is 5.21 Å². The molecule has 1 aromatic carbocycles. The Hall–Kier alpha value is -2.11. The van der Waals surface area contributed by atoms with Crippen molar-refractivity contribution in [3.05, 3.63) is 17.3 Å². The van der Waals surface area contributed by atoms with Gasteiger partial charge in [-0.05, 0) is 12.1 Å². The summed E-state index contributed by atoms with van der Waals surface area (Å²) in [6, 6.07) is 3.86. The lowest BCUT2D eigenvalue weighted by Crippen LogP contribution is -2.28. The number of fused-ring (bicyclic) bond motifs is 1. The Morgan fingerprint density at radius 2 is 1.69 bits per heavy atom. The van der Waals surface area contributed by atoms with Crippen LogP contribution in [-0.2, 0) is 0 Å². The molecule has 0 bridgehead atoms. The Balaban J connectivity index is 2.82. The van der Waals surface area contributed by atoms with E-state index in [1.54, 1.807) is 21.1 Å². The van der Waals surface area contributed by atoms with E-state index < -0.39 is 0 Å². The molecule has 0 aliphatic carbocycles. The third-order valence-corrected chi connectivity index (χ3v) is 2.47. The highest BCUT2D eigenvalue weighted by Gasteiger charge is 2.19. The number of benzene rings is 1. The van der Waals surface area contributed by atoms with Crippen LogP contribution in [0.4, 0.5) is 17.4 Å². The molecule has 0 radical (unpaired) electrons. The monoisotopic (exact) mass is 222 g/mol. The molecule has 0 fully saturated rings. The zero-order valence-electron chi connectivity index (χ0n) is 9.42. The number of hydrogen-bond donors (Lipinski definition) is 3. The quantitative estimate of drug-likeness (QED) is 0.537. The first kappa shape index (κ1) is 10.4. The molecule has 16 heavy (non-hydrogen) atoms. The standard InChI is InChI=1S/C10H14N4O2/c1-11-6-4-5-7(12-2)9-8(6)14(15)10(13-3)16-9/h4-5,11-13H,1-3H3. The van der Waals surface area contributed by atoms with Crippen LogP contribution in [-0.4, -0.2) is 21.1 Å². The first-order chi connectivity index (χ1) is 7.72. The molecule has 1 aromatic heterocycles. The molecule has 86 valence electrons. The van der Waals surface area contributed by atoms with E-state index in [4.69, 9.17) is 4.42 Å². The van der Waals surface area contributed by atoms with Crippen molar-refractivity contribution in [3.8, 4) is 0 Å². The van der Waals surface area contributed by atoms with Crippen LogP contribution in [0.15, 0.2) is 16.5 Å². The van der Waals surface area contributed by atoms with Gasteiger partial charge in [0.1, 0.15) is 0 Å². The molecule has 2 rings (SSSR count). The Bertz CT molecular complexity index is 521. The lowest BCUT2D eigenvalue weighted by atomic mass is 10.2. The molecule has 2 aromatic rings. The van der Waals surface area contributed by atoms with Crippen LogP contribution < -0.4 is 20.7 Å². The topological polar surface area (TPSA) is 76.2 Å². The van der Waals surface area contributed by atoms with Crippen LogP contribution >= 0.6 is 0 Å². The summed E-state index contributed by atoms with van der Waals surface area (Å²) in [5.74, 6) is 0. The number of nitrogens with zero attached hydrogens (tertiary/aromatic N) is 1. The Labute approximate surface area is 92.8 Å². The van der Waals surface area contributed by atoms with Gasteiger partial charge in [0.05, 0.1) is 18.4 Å². The second-order valence-corrected chi connectivity index (χ2v) is 3.29. The number of rotatable bonds is 3. The Morgan fingerprint density at radius 3 is 2.25 bits per heavy atom. The predicted octanol–water partition coefficient (Wildman–Crippen LogP) is 1.19. The summed E-state index contributed by atoms with van der Waals surface area (Å²) in [7, 11) is 5.19. The zero-order valence-corrected chi connectivity index (χ0v) is 9.42. The second-order valence-electron chi connectivity index (χ2n) is 3.29. The molecule has 0 aliphatic rings. The SMILES string of the molecule is CNc1ccc(NC)c2c1oc(NC)[n+]2[O-]. The number of nitrogens with one attached hydrogen (secondary N) is 3. The normalized spacial score (nSPS) is 10.4. The van der Waals surface area contributed by atoms with Crippen LogP contribution in [0.5, 0.6) is 0 Å². The van der Waals surface area contributed by atoms with Crippen molar-refractivity contribution < 1.29 is 9.15 Å². The summed E-state index contributed by atoms with van der Waals surface area (Å²) in [5, 5.41) is 20.6. The highest BCUT2D eigenvalue weighted by Crippen LogP contribution is 2.30. The molecule has 1 heterocycles. The molecule has 0 amide bonds. The van der Waals surface area contributed by atoms with Gasteiger partial charge < -0.3 is 20.3 Å². The Morgan fingerprint density at radius 1 is 1.06 bits per heavy atom. The molecule has 0 saturated heterocycles. The summed E-state index contributed by atoms with van der Waals surface area (Å²) in [6.45, 7) is 0. The number of oxazole rings is 1. The van der Waals surface area contributed by atoms with Gasteiger partial charge in [-0.2, -0.15) is 4.73 Å². The Kier molecular flexibility index (Phi) is 2.47. The van der Waals surface area contributed by atoms with Gasteiger partial charge in [0.2, 0.25) is 11.1 Å². The van der Waals surface area contributed by atoms with E-state index in [2.05, 4.69) is 16.0 Å². The first-order valence-corrected chi connectivity index (χ1v) is 4.95. The predicted molar refractivity (Wildman–Crippen MR) is 63.8 cm³/mol. The van der Waals surface area contributed by atoms with Crippen LogP contribution in [0.3, 0.4) is 0 Å². The van der Waals surface area contributed by atoms with Crippen LogP contribution in [0.25, 0.3) is 11.1 Å². The smallest absolute Gasteiger partial charge is 0.458 e. The minimum atomic E-state index is 0.175. The highest BCUT2D eigenvalue weighted by atomic mass is 16.5. The summed E-state index contributed by atoms with van der Waals surface area (Å²) in [4.78, 5) is 0. The average Bonchev–Trinajstić information content (AvgIpc) is 2.66. The summed E-state index contributed by atoms with van der Waals surface area (Å²) < 4.78 is 6.19. The third-order valence-electron chi connectivity index (χ3n) is 2.47. The fraction of sp³-hybridized carbons (Fsp3) is 0.300. The van der Waals surface area contributed by atoms with Gasteiger partial charge >= 0.3 is 6.01 Å². The van der Waals surface area contributed by atoms with Crippen molar-refractivity contribution >= 4 is 28.5 Å². The van der Waals surface area contributed by atoms with E-state index in [1.165, 1.54) is 0 Å². The van der Waals surface area contributed by atoms with E-state index in [0.29, 0.717) is 11.1 Å². The number of hydrogen-bond acceptors (Lipinski definition) is 5. The highest BCUT2D eigenvalue weighted by molar-refractivity contribution is 5.93. The van der Waals surface area contributed by atoms with Crippen molar-refractivity contribution in [2.24, 2.45) is 0 Å². The molecule has 0 atom stereocenters. The van der Waals surface area contributed by atoms with Crippen molar-refractivity contribution in [1.29, 1.82) is 0 Å². The second kappa shape index (κ2) is 3.80. The van der Waals surface area contributed by atoms with Gasteiger partial charge in [0.15, 0.2) is 0 Å². The number of anilines is 3. The molecule has 6 heteroatoms. The summed E-state index contributed by atoms with van der Waals surface area (Å²) in [6.07, 6.45) is 0. The zero-order chi connectivity index (χ0) is 11.7. The minimum Gasteiger partial charge on any atom is -0.708 e. The largest absolute Gasteiger partial charge is 0.708 e. The van der Waals surface area contributed by atoms with Crippen LogP contribution in [0.2, 0.25) is 0 Å². The lowest BCUT2D eigenvalue weighted by Gasteiger charge is -2.06. The van der Waals surface area contributed by atoms with Gasteiger partial charge in [-0.3, -0.25) is 0 Å². The number of aromatic nitrogens is 1. The summed E-state index contributed by atoms with van der Waals surface area (Å²) in [5.41, 5.74) is 2.53. The summed E-state index contributed by atoms with van der Waals surface area (Å²) >= 11 is 0. The van der Waals surface area contributed by atoms with Gasteiger partial charge in [0.25, 0.3) is 0 Å². The average molecular weight is 222 g/mol. The molecule has 0 saturated carbocycles. The van der Waals surface area contributed by atoms with Gasteiger partial charge in [0, 0.05) is 14.1 Å². The first-order valence-electron chi connectivity index (χ1n) is 4.95. The molecule has 0 unspecified atom stereocenters. The fourth-order valence-electron chi connectivity index (χ4n) is 1.67. The van der Waals surface area contributed by atoms with Crippen molar-refractivity contribution in [1.82, 2.24) is 0 Å². The van der Waals surface area contributed by atoms with E-state index in [1.807, 2.05) is 12.1 Å². The molecule has 6 nitrogen and oxygen atoms in total. The minimum absolute atomic E-state index is 0.175. The molecular weight excluding hydrogens is 208 g/mol. The van der Waals surface area contributed by atoms with E-state index >= 15 is 0 Å². The molecule has 0 spiro atoms. The van der Waals surface area contributed by atoms with Crippen LogP contribution in [0.1, 0.15) is 0 Å². The van der Waals surface area contributed by atoms with Gasteiger partial charge in [-0.25, -0.2) is 5.32 Å². The van der Waals surface area contributed by atoms with Crippen molar-refractivity contribution in [3.63, 3.8) is 0 Å². The van der Waals surface area contributed by atoms with E-state index in [9.17, 15) is 5.21 Å². The molecule has 0 aliphatic heterocycles. The maximum absolute atomic E-state index is 11.9. The molecular formula is C10H14N4O2. The van der Waals surface area contributed by atoms with Crippen molar-refractivity contribution in [2.75, 3.05) is 37.1 Å².